The number of carbonyl (C=O) groups excluding carboxylic acids is 1. The average Bonchev–Trinajstić information content (AvgIpc) is 3.16. The Kier molecular flexibility index (Phi) is 14.7. The number of primary amides is 1. The van der Waals surface area contributed by atoms with Crippen molar-refractivity contribution >= 4 is 5.91 Å². The zero-order valence-electron chi connectivity index (χ0n) is 24.5. The Bertz CT molecular complexity index is 1090. The molecule has 1 aromatic rings. The van der Waals surface area contributed by atoms with Gasteiger partial charge in [-0.15, -0.1) is 5.06 Å². The van der Waals surface area contributed by atoms with E-state index in [0.29, 0.717) is 19.0 Å². The lowest BCUT2D eigenvalue weighted by molar-refractivity contribution is -0.428. The highest BCUT2D eigenvalue weighted by Gasteiger charge is 2.71. The standard InChI is InChI=1S/C28H49FN4O9/c1-2-3-4-5-6-7-8-9-10-11-12-13-14-15-16-17-22(29)33(41)27(39)23(35)21(19-34)42-28(27,40)32-18-20(24(30)36)25(37)31-26(32)38/h18,21-23,34-35,39-41H,2-17,19H2,1H3,(H2,30,36)(H,31,37,38)/t21-,22?,23-,27-,28-/m1/s1. The van der Waals surface area contributed by atoms with Crippen LogP contribution in [0.1, 0.15) is 120 Å². The molecule has 0 radical (unpaired) electrons. The third-order valence-corrected chi connectivity index (χ3v) is 7.93. The lowest BCUT2D eigenvalue weighted by atomic mass is 9.99. The zero-order chi connectivity index (χ0) is 31.3. The largest absolute Gasteiger partial charge is 0.394 e. The number of hydroxylamine groups is 2. The maximum absolute atomic E-state index is 15.1. The first kappa shape index (κ1) is 36.0. The summed E-state index contributed by atoms with van der Waals surface area (Å²) in [6.45, 7) is 1.20. The topological polar surface area (TPSA) is 212 Å². The van der Waals surface area contributed by atoms with Crippen LogP contribution in [-0.4, -0.2) is 77.0 Å². The maximum Gasteiger partial charge on any atom is 0.332 e. The Morgan fingerprint density at radius 3 is 1.95 bits per heavy atom. The van der Waals surface area contributed by atoms with Gasteiger partial charge in [-0.3, -0.25) is 14.6 Å². The number of alkyl halides is 1. The molecular weight excluding hydrogens is 555 g/mol. The molecule has 1 aliphatic heterocycles. The molecule has 1 unspecified atom stereocenters. The minimum absolute atomic E-state index is 0.0803. The fourth-order valence-electron chi connectivity index (χ4n) is 5.36. The molecule has 13 nitrogen and oxygen atoms in total. The van der Waals surface area contributed by atoms with E-state index < -0.39 is 59.5 Å². The number of H-pyrrole nitrogens is 1. The summed E-state index contributed by atoms with van der Waals surface area (Å²) in [6, 6.07) is 0. The van der Waals surface area contributed by atoms with Crippen LogP contribution in [0.4, 0.5) is 4.39 Å². The van der Waals surface area contributed by atoms with E-state index in [1.54, 1.807) is 4.98 Å². The van der Waals surface area contributed by atoms with E-state index in [2.05, 4.69) is 6.92 Å². The third kappa shape index (κ3) is 8.68. The second-order valence-electron chi connectivity index (χ2n) is 11.2. The summed E-state index contributed by atoms with van der Waals surface area (Å²) in [6.07, 6.45) is 10.2. The second-order valence-corrected chi connectivity index (χ2v) is 11.2. The minimum Gasteiger partial charge on any atom is -0.394 e. The molecule has 5 atom stereocenters. The number of rotatable bonds is 21. The molecular formula is C28H49FN4O9. The van der Waals surface area contributed by atoms with Crippen molar-refractivity contribution in [1.82, 2.24) is 14.6 Å². The number of nitrogens with zero attached hydrogens (tertiary/aromatic N) is 2. The molecule has 42 heavy (non-hydrogen) atoms. The summed E-state index contributed by atoms with van der Waals surface area (Å²) in [5.74, 6) is -4.77. The van der Waals surface area contributed by atoms with Crippen molar-refractivity contribution in [2.75, 3.05) is 6.61 Å². The van der Waals surface area contributed by atoms with Crippen molar-refractivity contribution in [3.63, 3.8) is 0 Å². The van der Waals surface area contributed by atoms with Crippen LogP contribution in [-0.2, 0) is 10.6 Å². The normalized spacial score (nSPS) is 24.9. The molecule has 1 saturated heterocycles. The number of carbonyl (C=O) groups is 1. The number of hydrogen-bond acceptors (Lipinski definition) is 10. The SMILES string of the molecule is CCCCCCCCCCCCCCCCCC(F)N(O)[C@@]1(O)[C@H](O)[C@@H](CO)O[C@@]1(O)n1cc(C(N)=O)c(=O)[nH]c1=O. The minimum atomic E-state index is -3.46. The Hall–Kier alpha value is -2.20. The number of halogens is 1. The number of amides is 1. The molecule has 14 heteroatoms. The van der Waals surface area contributed by atoms with E-state index in [4.69, 9.17) is 10.5 Å². The number of aromatic amines is 1. The number of ether oxygens (including phenoxy) is 1. The molecule has 1 amide bonds. The van der Waals surface area contributed by atoms with Gasteiger partial charge in [-0.2, -0.15) is 0 Å². The summed E-state index contributed by atoms with van der Waals surface area (Å²) in [5, 5.41) is 52.9. The molecule has 242 valence electrons. The van der Waals surface area contributed by atoms with Crippen LogP contribution in [0.3, 0.4) is 0 Å². The van der Waals surface area contributed by atoms with E-state index in [1.165, 1.54) is 57.8 Å². The van der Waals surface area contributed by atoms with Crippen LogP contribution in [0.5, 0.6) is 0 Å². The number of hydrogen-bond donors (Lipinski definition) is 7. The third-order valence-electron chi connectivity index (χ3n) is 7.93. The van der Waals surface area contributed by atoms with E-state index in [-0.39, 0.29) is 16.1 Å². The van der Waals surface area contributed by atoms with E-state index in [0.717, 1.165) is 25.7 Å². The van der Waals surface area contributed by atoms with Gasteiger partial charge in [-0.25, -0.2) is 13.8 Å². The monoisotopic (exact) mass is 604 g/mol. The average molecular weight is 605 g/mol. The van der Waals surface area contributed by atoms with Crippen LogP contribution < -0.4 is 17.0 Å². The van der Waals surface area contributed by atoms with Crippen molar-refractivity contribution in [2.45, 2.75) is 140 Å². The highest BCUT2D eigenvalue weighted by Crippen LogP contribution is 2.44. The number of aromatic nitrogens is 2. The van der Waals surface area contributed by atoms with Gasteiger partial charge >= 0.3 is 11.6 Å². The molecule has 0 bridgehead atoms. The van der Waals surface area contributed by atoms with Gasteiger partial charge in [0.05, 0.1) is 6.61 Å². The predicted molar refractivity (Wildman–Crippen MR) is 151 cm³/mol. The van der Waals surface area contributed by atoms with Crippen molar-refractivity contribution in [3.8, 4) is 0 Å². The number of nitrogens with two attached hydrogens (primary N) is 1. The van der Waals surface area contributed by atoms with Gasteiger partial charge in [0.25, 0.3) is 11.5 Å². The summed E-state index contributed by atoms with van der Waals surface area (Å²) in [5.41, 5.74) is -1.84. The van der Waals surface area contributed by atoms with Crippen molar-refractivity contribution in [2.24, 2.45) is 5.73 Å². The predicted octanol–water partition coefficient (Wildman–Crippen LogP) is 1.93. The number of aliphatic hydroxyl groups is 4. The van der Waals surface area contributed by atoms with Crippen LogP contribution in [0.15, 0.2) is 15.8 Å². The first-order valence-corrected chi connectivity index (χ1v) is 15.2. The Morgan fingerprint density at radius 2 is 1.50 bits per heavy atom. The zero-order valence-corrected chi connectivity index (χ0v) is 24.5. The van der Waals surface area contributed by atoms with Gasteiger partial charge < -0.3 is 36.1 Å². The van der Waals surface area contributed by atoms with Gasteiger partial charge in [0.2, 0.25) is 5.72 Å². The van der Waals surface area contributed by atoms with Crippen LogP contribution in [0.25, 0.3) is 0 Å². The van der Waals surface area contributed by atoms with Crippen LogP contribution in [0, 0.1) is 0 Å². The van der Waals surface area contributed by atoms with E-state index >= 15 is 4.39 Å². The quantitative estimate of drug-likeness (QED) is 0.0469. The second kappa shape index (κ2) is 17.2. The molecule has 0 aromatic carbocycles. The summed E-state index contributed by atoms with van der Waals surface area (Å²) in [4.78, 5) is 37.7. The Balaban J connectivity index is 1.88. The molecule has 2 rings (SSSR count). The van der Waals surface area contributed by atoms with Gasteiger partial charge in [0, 0.05) is 6.20 Å². The van der Waals surface area contributed by atoms with E-state index in [9.17, 15) is 40.0 Å². The van der Waals surface area contributed by atoms with E-state index in [1.807, 2.05) is 0 Å². The van der Waals surface area contributed by atoms with Crippen molar-refractivity contribution in [1.29, 1.82) is 0 Å². The van der Waals surface area contributed by atoms with Crippen LogP contribution in [0.2, 0.25) is 0 Å². The Morgan fingerprint density at radius 1 is 1.02 bits per heavy atom. The smallest absolute Gasteiger partial charge is 0.332 e. The molecule has 0 aliphatic carbocycles. The van der Waals surface area contributed by atoms with Gasteiger partial charge in [0.1, 0.15) is 17.8 Å². The highest BCUT2D eigenvalue weighted by molar-refractivity contribution is 5.91. The lowest BCUT2D eigenvalue weighted by Gasteiger charge is -2.43. The summed E-state index contributed by atoms with van der Waals surface area (Å²) in [7, 11) is 0. The molecule has 1 fully saturated rings. The number of unbranched alkanes of at least 4 members (excludes halogenated alkanes) is 14. The molecule has 1 aromatic heterocycles. The molecule has 8 N–H and O–H groups in total. The number of nitrogens with one attached hydrogen (secondary N) is 1. The van der Waals surface area contributed by atoms with Crippen LogP contribution >= 0.6 is 0 Å². The molecule has 0 spiro atoms. The summed E-state index contributed by atoms with van der Waals surface area (Å²) >= 11 is 0. The highest BCUT2D eigenvalue weighted by atomic mass is 19.1. The Labute approximate surface area is 245 Å². The molecule has 2 heterocycles. The van der Waals surface area contributed by atoms with Crippen molar-refractivity contribution < 1.29 is 39.6 Å². The molecule has 0 saturated carbocycles. The fraction of sp³-hybridized carbons (Fsp3) is 0.821. The maximum atomic E-state index is 15.1. The summed E-state index contributed by atoms with van der Waals surface area (Å²) < 4.78 is 20.3. The molecule has 1 aliphatic rings. The first-order chi connectivity index (χ1) is 19.9. The van der Waals surface area contributed by atoms with Gasteiger partial charge in [-0.05, 0) is 12.8 Å². The number of aliphatic hydroxyl groups excluding tert-OH is 2. The first-order valence-electron chi connectivity index (χ1n) is 15.2. The van der Waals surface area contributed by atoms with Gasteiger partial charge in [-0.1, -0.05) is 96.8 Å². The fourth-order valence-corrected chi connectivity index (χ4v) is 5.36. The van der Waals surface area contributed by atoms with Crippen molar-refractivity contribution in [3.05, 3.63) is 32.6 Å². The van der Waals surface area contributed by atoms with Gasteiger partial charge in [0.15, 0.2) is 6.30 Å². The lowest BCUT2D eigenvalue weighted by Crippen LogP contribution is -2.70.